The van der Waals surface area contributed by atoms with Crippen molar-refractivity contribution >= 4 is 33.3 Å². The van der Waals surface area contributed by atoms with Crippen molar-refractivity contribution in [2.24, 2.45) is 0 Å². The van der Waals surface area contributed by atoms with E-state index in [9.17, 15) is 18.4 Å². The number of carbonyl (C=O) groups excluding carboxylic acids is 1. The van der Waals surface area contributed by atoms with Crippen molar-refractivity contribution in [2.45, 2.75) is 40.2 Å². The molecule has 10 heteroatoms. The molecular formula is C22H20F2N4O3S. The molecule has 0 radical (unpaired) electrons. The number of rotatable bonds is 6. The highest BCUT2D eigenvalue weighted by atomic mass is 32.1. The molecule has 0 fully saturated rings. The van der Waals surface area contributed by atoms with Gasteiger partial charge in [-0.25, -0.2) is 14.8 Å². The molecule has 0 saturated carbocycles. The Morgan fingerprint density at radius 3 is 2.81 bits per heavy atom. The molecule has 0 atom stereocenters. The Kier molecular flexibility index (Phi) is 5.88. The number of anilines is 1. The lowest BCUT2D eigenvalue weighted by Gasteiger charge is -2.08. The molecule has 1 aromatic carbocycles. The number of halogens is 2. The molecule has 0 spiro atoms. The maximum absolute atomic E-state index is 13.1. The van der Waals surface area contributed by atoms with Crippen molar-refractivity contribution in [1.29, 1.82) is 0 Å². The molecular weight excluding hydrogens is 438 g/mol. The van der Waals surface area contributed by atoms with Crippen LogP contribution in [0.5, 0.6) is 0 Å². The molecule has 0 aliphatic rings. The van der Waals surface area contributed by atoms with Crippen molar-refractivity contribution in [3.63, 3.8) is 0 Å². The number of fused-ring (bicyclic) bond motifs is 1. The number of benzene rings is 1. The minimum atomic E-state index is -2.73. The van der Waals surface area contributed by atoms with E-state index in [1.54, 1.807) is 6.92 Å². The van der Waals surface area contributed by atoms with E-state index >= 15 is 0 Å². The minimum absolute atomic E-state index is 0.0442. The molecule has 4 rings (SSSR count). The van der Waals surface area contributed by atoms with Gasteiger partial charge in [0.05, 0.1) is 10.6 Å². The molecule has 0 aliphatic carbocycles. The number of thiazole rings is 1. The van der Waals surface area contributed by atoms with Gasteiger partial charge in [0.25, 0.3) is 0 Å². The van der Waals surface area contributed by atoms with Crippen molar-refractivity contribution in [3.8, 4) is 10.7 Å². The second-order valence-electron chi connectivity index (χ2n) is 7.41. The first kappa shape index (κ1) is 21.8. The Labute approximate surface area is 185 Å². The standard InChI is InChI=1S/C22H20F2N4O3S/c1-11-4-5-14-12(2)15(20(30)31-16(14)10-11)6-7-17(29)27-22-26-13(3)18(32-22)19-25-8-9-28(19)21(23)24/h4-5,8-10,21H,6-7H2,1-3H3,(H,26,27,29). The predicted octanol–water partition coefficient (Wildman–Crippen LogP) is 5.00. The van der Waals surface area contributed by atoms with E-state index in [-0.39, 0.29) is 29.7 Å². The molecule has 0 saturated heterocycles. The molecule has 32 heavy (non-hydrogen) atoms. The Bertz CT molecular complexity index is 1370. The first-order valence-electron chi connectivity index (χ1n) is 9.86. The number of aryl methyl sites for hydroxylation is 3. The van der Waals surface area contributed by atoms with Crippen molar-refractivity contribution in [1.82, 2.24) is 14.5 Å². The van der Waals surface area contributed by atoms with Crippen LogP contribution in [-0.2, 0) is 11.2 Å². The fraction of sp³-hybridized carbons (Fsp3) is 0.273. The van der Waals surface area contributed by atoms with Gasteiger partial charge in [-0.1, -0.05) is 23.5 Å². The lowest BCUT2D eigenvalue weighted by Crippen LogP contribution is -2.16. The summed E-state index contributed by atoms with van der Waals surface area (Å²) in [6.07, 6.45) is 2.73. The normalized spacial score (nSPS) is 11.4. The van der Waals surface area contributed by atoms with Crippen molar-refractivity contribution in [3.05, 3.63) is 63.4 Å². The zero-order valence-electron chi connectivity index (χ0n) is 17.6. The zero-order chi connectivity index (χ0) is 23.0. The SMILES string of the molecule is Cc1ccc2c(C)c(CCC(=O)Nc3nc(C)c(-c4nccn4C(F)F)s3)c(=O)oc2c1. The zero-order valence-corrected chi connectivity index (χ0v) is 18.4. The Morgan fingerprint density at radius 2 is 2.06 bits per heavy atom. The number of imidazole rings is 1. The van der Waals surface area contributed by atoms with Gasteiger partial charge >= 0.3 is 12.2 Å². The lowest BCUT2D eigenvalue weighted by atomic mass is 10.0. The molecule has 3 aromatic heterocycles. The van der Waals surface area contributed by atoms with Crippen LogP contribution < -0.4 is 10.9 Å². The van der Waals surface area contributed by atoms with Crippen LogP contribution in [0.4, 0.5) is 13.9 Å². The number of aromatic nitrogens is 3. The van der Waals surface area contributed by atoms with E-state index in [1.807, 2.05) is 32.0 Å². The van der Waals surface area contributed by atoms with Gasteiger partial charge in [-0.05, 0) is 44.4 Å². The smallest absolute Gasteiger partial charge is 0.339 e. The highest BCUT2D eigenvalue weighted by Crippen LogP contribution is 2.33. The largest absolute Gasteiger partial charge is 0.423 e. The quantitative estimate of drug-likeness (QED) is 0.411. The third-order valence-corrected chi connectivity index (χ3v) is 6.24. The van der Waals surface area contributed by atoms with Gasteiger partial charge < -0.3 is 9.73 Å². The van der Waals surface area contributed by atoms with E-state index in [0.717, 1.165) is 32.4 Å². The second kappa shape index (κ2) is 8.62. The maximum Gasteiger partial charge on any atom is 0.339 e. The molecule has 0 bridgehead atoms. The van der Waals surface area contributed by atoms with Crippen LogP contribution in [0, 0.1) is 20.8 Å². The molecule has 1 amide bonds. The van der Waals surface area contributed by atoms with Crippen LogP contribution in [0.15, 0.2) is 39.8 Å². The molecule has 0 unspecified atom stereocenters. The molecule has 3 heterocycles. The number of hydrogen-bond acceptors (Lipinski definition) is 6. The molecule has 1 N–H and O–H groups in total. The van der Waals surface area contributed by atoms with Gasteiger partial charge in [0.1, 0.15) is 5.58 Å². The van der Waals surface area contributed by atoms with E-state index in [0.29, 0.717) is 21.7 Å². The molecule has 4 aromatic rings. The third kappa shape index (κ3) is 4.18. The van der Waals surface area contributed by atoms with Gasteiger partial charge in [-0.2, -0.15) is 8.78 Å². The minimum Gasteiger partial charge on any atom is -0.423 e. The van der Waals surface area contributed by atoms with Gasteiger partial charge in [0.15, 0.2) is 11.0 Å². The molecule has 7 nitrogen and oxygen atoms in total. The monoisotopic (exact) mass is 458 g/mol. The summed E-state index contributed by atoms with van der Waals surface area (Å²) in [5.41, 5.74) is 2.77. The summed E-state index contributed by atoms with van der Waals surface area (Å²) in [6.45, 7) is 2.69. The summed E-state index contributed by atoms with van der Waals surface area (Å²) in [4.78, 5) is 33.6. The summed E-state index contributed by atoms with van der Waals surface area (Å²) in [5, 5.41) is 3.79. The third-order valence-electron chi connectivity index (χ3n) is 5.17. The van der Waals surface area contributed by atoms with Crippen LogP contribution in [0.3, 0.4) is 0 Å². The number of nitrogens with zero attached hydrogens (tertiary/aromatic N) is 3. The number of alkyl halides is 2. The van der Waals surface area contributed by atoms with E-state index in [4.69, 9.17) is 4.42 Å². The Hall–Kier alpha value is -3.40. The molecule has 166 valence electrons. The second-order valence-corrected chi connectivity index (χ2v) is 8.41. The summed E-state index contributed by atoms with van der Waals surface area (Å²) in [7, 11) is 0. The van der Waals surface area contributed by atoms with Crippen LogP contribution >= 0.6 is 11.3 Å². The number of nitrogens with one attached hydrogen (secondary N) is 1. The van der Waals surface area contributed by atoms with Crippen molar-refractivity contribution < 1.29 is 18.0 Å². The van der Waals surface area contributed by atoms with Gasteiger partial charge in [0, 0.05) is 29.8 Å². The van der Waals surface area contributed by atoms with Gasteiger partial charge in [0.2, 0.25) is 5.91 Å². The fourth-order valence-corrected chi connectivity index (χ4v) is 4.50. The fourth-order valence-electron chi connectivity index (χ4n) is 3.51. The van der Waals surface area contributed by atoms with Crippen LogP contribution in [0.2, 0.25) is 0 Å². The highest BCUT2D eigenvalue weighted by molar-refractivity contribution is 7.19. The number of carbonyl (C=O) groups is 1. The Balaban J connectivity index is 1.49. The van der Waals surface area contributed by atoms with E-state index in [2.05, 4.69) is 15.3 Å². The highest BCUT2D eigenvalue weighted by Gasteiger charge is 2.20. The number of hydrogen-bond donors (Lipinski definition) is 1. The number of amides is 1. The van der Waals surface area contributed by atoms with Gasteiger partial charge in [-0.15, -0.1) is 0 Å². The first-order valence-corrected chi connectivity index (χ1v) is 10.7. The summed E-state index contributed by atoms with van der Waals surface area (Å²) < 4.78 is 32.5. The van der Waals surface area contributed by atoms with Crippen LogP contribution in [0.25, 0.3) is 21.7 Å². The lowest BCUT2D eigenvalue weighted by molar-refractivity contribution is -0.116. The summed E-state index contributed by atoms with van der Waals surface area (Å²) in [6, 6.07) is 5.64. The average Bonchev–Trinajstić information content (AvgIpc) is 3.33. The van der Waals surface area contributed by atoms with Gasteiger partial charge in [-0.3, -0.25) is 9.36 Å². The Morgan fingerprint density at radius 1 is 1.28 bits per heavy atom. The van der Waals surface area contributed by atoms with E-state index < -0.39 is 12.2 Å². The average molecular weight is 458 g/mol. The van der Waals surface area contributed by atoms with Crippen molar-refractivity contribution in [2.75, 3.05) is 5.32 Å². The predicted molar refractivity (Wildman–Crippen MR) is 118 cm³/mol. The van der Waals surface area contributed by atoms with Crippen LogP contribution in [0.1, 0.15) is 35.4 Å². The summed E-state index contributed by atoms with van der Waals surface area (Å²) >= 11 is 1.07. The molecule has 0 aliphatic heterocycles. The topological polar surface area (TPSA) is 90.0 Å². The summed E-state index contributed by atoms with van der Waals surface area (Å²) in [5.74, 6) is -0.250. The first-order chi connectivity index (χ1) is 15.2. The van der Waals surface area contributed by atoms with Crippen LogP contribution in [-0.4, -0.2) is 20.4 Å². The van der Waals surface area contributed by atoms with E-state index in [1.165, 1.54) is 12.4 Å². The maximum atomic E-state index is 13.1.